The molecule has 0 aromatic heterocycles. The van der Waals surface area contributed by atoms with Gasteiger partial charge in [-0.15, -0.1) is 0 Å². The van der Waals surface area contributed by atoms with E-state index < -0.39 is 24.4 Å². The van der Waals surface area contributed by atoms with E-state index in [0.717, 1.165) is 12.8 Å². The summed E-state index contributed by atoms with van der Waals surface area (Å²) in [6, 6.07) is -0.601. The standard InChI is InChI=1S/C14H23NO6/c1-5-9(6-2)20-14-12(15-8(3)16)10(19-4)7-11(21-14)13(17)18/h7,9-10,12,14H,5-6H2,1-4H3,(H,15,16)(H,17,18)/t10-,12+,14+/m0/s1. The van der Waals surface area contributed by atoms with Gasteiger partial charge in [-0.05, 0) is 18.9 Å². The fourth-order valence-electron chi connectivity index (χ4n) is 2.15. The average molecular weight is 301 g/mol. The minimum Gasteiger partial charge on any atom is -0.475 e. The van der Waals surface area contributed by atoms with Crippen molar-refractivity contribution in [2.24, 2.45) is 0 Å². The molecule has 0 saturated carbocycles. The van der Waals surface area contributed by atoms with E-state index in [9.17, 15) is 9.59 Å². The summed E-state index contributed by atoms with van der Waals surface area (Å²) in [7, 11) is 1.44. The molecule has 0 fully saturated rings. The van der Waals surface area contributed by atoms with Gasteiger partial charge in [0.1, 0.15) is 12.1 Å². The van der Waals surface area contributed by atoms with Gasteiger partial charge in [-0.3, -0.25) is 4.79 Å². The Morgan fingerprint density at radius 2 is 2.05 bits per heavy atom. The lowest BCUT2D eigenvalue weighted by Gasteiger charge is -2.37. The molecule has 0 aromatic rings. The maximum atomic E-state index is 11.3. The van der Waals surface area contributed by atoms with Gasteiger partial charge in [0.15, 0.2) is 0 Å². The van der Waals surface area contributed by atoms with Crippen molar-refractivity contribution in [3.05, 3.63) is 11.8 Å². The highest BCUT2D eigenvalue weighted by atomic mass is 16.7. The summed E-state index contributed by atoms with van der Waals surface area (Å²) in [5, 5.41) is 11.8. The van der Waals surface area contributed by atoms with Crippen LogP contribution in [0.1, 0.15) is 33.6 Å². The number of carboxylic acid groups (broad SMARTS) is 1. The number of nitrogens with one attached hydrogen (secondary N) is 1. The van der Waals surface area contributed by atoms with Crippen LogP contribution in [-0.2, 0) is 23.8 Å². The molecule has 0 aliphatic carbocycles. The summed E-state index contributed by atoms with van der Waals surface area (Å²) in [4.78, 5) is 22.5. The Morgan fingerprint density at radius 3 is 2.48 bits per heavy atom. The predicted molar refractivity (Wildman–Crippen MR) is 74.4 cm³/mol. The molecule has 3 atom stereocenters. The largest absolute Gasteiger partial charge is 0.475 e. The first kappa shape index (κ1) is 17.5. The van der Waals surface area contributed by atoms with Crippen molar-refractivity contribution < 1.29 is 28.9 Å². The fraction of sp³-hybridized carbons (Fsp3) is 0.714. The Hall–Kier alpha value is -1.60. The van der Waals surface area contributed by atoms with E-state index in [1.807, 2.05) is 13.8 Å². The summed E-state index contributed by atoms with van der Waals surface area (Å²) in [5.74, 6) is -1.70. The number of methoxy groups -OCH3 is 1. The molecule has 21 heavy (non-hydrogen) atoms. The van der Waals surface area contributed by atoms with Crippen LogP contribution in [0, 0.1) is 0 Å². The zero-order valence-corrected chi connectivity index (χ0v) is 12.8. The van der Waals surface area contributed by atoms with E-state index in [0.29, 0.717) is 0 Å². The third-order valence-electron chi connectivity index (χ3n) is 3.30. The molecular formula is C14H23NO6. The van der Waals surface area contributed by atoms with Crippen LogP contribution in [0.15, 0.2) is 11.8 Å². The van der Waals surface area contributed by atoms with Gasteiger partial charge < -0.3 is 24.6 Å². The van der Waals surface area contributed by atoms with Crippen molar-refractivity contribution in [2.45, 2.75) is 58.2 Å². The number of hydrogen-bond acceptors (Lipinski definition) is 5. The second kappa shape index (κ2) is 7.99. The molecule has 0 saturated heterocycles. The highest BCUT2D eigenvalue weighted by Crippen LogP contribution is 2.23. The molecule has 1 amide bonds. The zero-order chi connectivity index (χ0) is 16.0. The van der Waals surface area contributed by atoms with E-state index in [1.54, 1.807) is 0 Å². The molecule has 120 valence electrons. The van der Waals surface area contributed by atoms with Gasteiger partial charge in [-0.25, -0.2) is 4.79 Å². The Balaban J connectivity index is 3.00. The second-order valence-electron chi connectivity index (χ2n) is 4.82. The minimum absolute atomic E-state index is 0.0862. The summed E-state index contributed by atoms with van der Waals surface area (Å²) in [6.07, 6.45) is 1.22. The van der Waals surface area contributed by atoms with Crippen LogP contribution < -0.4 is 5.32 Å². The molecular weight excluding hydrogens is 278 g/mol. The first-order valence-corrected chi connectivity index (χ1v) is 7.00. The maximum absolute atomic E-state index is 11.3. The van der Waals surface area contributed by atoms with E-state index in [-0.39, 0.29) is 17.8 Å². The summed E-state index contributed by atoms with van der Waals surface area (Å²) in [6.45, 7) is 5.30. The van der Waals surface area contributed by atoms with Crippen molar-refractivity contribution in [3.63, 3.8) is 0 Å². The number of carboxylic acids is 1. The molecule has 7 nitrogen and oxygen atoms in total. The van der Waals surface area contributed by atoms with Gasteiger partial charge >= 0.3 is 5.97 Å². The first-order chi connectivity index (χ1) is 9.92. The van der Waals surface area contributed by atoms with Crippen molar-refractivity contribution in [1.82, 2.24) is 5.32 Å². The van der Waals surface area contributed by atoms with Gasteiger partial charge in [-0.2, -0.15) is 0 Å². The highest BCUT2D eigenvalue weighted by molar-refractivity contribution is 5.84. The Bertz CT molecular complexity index is 404. The lowest BCUT2D eigenvalue weighted by Crippen LogP contribution is -2.55. The Labute approximate surface area is 124 Å². The molecule has 1 rings (SSSR count). The molecule has 2 N–H and O–H groups in total. The Morgan fingerprint density at radius 1 is 1.43 bits per heavy atom. The van der Waals surface area contributed by atoms with E-state index in [1.165, 1.54) is 20.1 Å². The molecule has 1 aliphatic heterocycles. The number of carbonyl (C=O) groups excluding carboxylic acids is 1. The zero-order valence-electron chi connectivity index (χ0n) is 12.8. The average Bonchev–Trinajstić information content (AvgIpc) is 2.44. The lowest BCUT2D eigenvalue weighted by molar-refractivity contribution is -0.195. The highest BCUT2D eigenvalue weighted by Gasteiger charge is 2.39. The number of ether oxygens (including phenoxy) is 3. The summed E-state index contributed by atoms with van der Waals surface area (Å²) >= 11 is 0. The topological polar surface area (TPSA) is 94.1 Å². The SMILES string of the molecule is CCC(CC)O[C@@H]1OC(C(=O)O)=C[C@H](OC)[C@H]1NC(C)=O. The molecule has 1 heterocycles. The summed E-state index contributed by atoms with van der Waals surface area (Å²) in [5.41, 5.74) is 0. The summed E-state index contributed by atoms with van der Waals surface area (Å²) < 4.78 is 16.4. The third-order valence-corrected chi connectivity index (χ3v) is 3.30. The van der Waals surface area contributed by atoms with Crippen LogP contribution in [0.5, 0.6) is 0 Å². The molecule has 1 aliphatic rings. The number of amides is 1. The van der Waals surface area contributed by atoms with Gasteiger partial charge in [-0.1, -0.05) is 13.8 Å². The normalized spacial score (nSPS) is 25.2. The van der Waals surface area contributed by atoms with Crippen molar-refractivity contribution in [1.29, 1.82) is 0 Å². The van der Waals surface area contributed by atoms with E-state index in [2.05, 4.69) is 5.32 Å². The molecule has 0 aromatic carbocycles. The van der Waals surface area contributed by atoms with Crippen LogP contribution in [0.4, 0.5) is 0 Å². The number of aliphatic carboxylic acids is 1. The minimum atomic E-state index is -1.20. The van der Waals surface area contributed by atoms with E-state index in [4.69, 9.17) is 19.3 Å². The first-order valence-electron chi connectivity index (χ1n) is 7.00. The Kier molecular flexibility index (Phi) is 6.64. The molecule has 0 radical (unpaired) electrons. The quantitative estimate of drug-likeness (QED) is 0.729. The van der Waals surface area contributed by atoms with Crippen molar-refractivity contribution in [3.8, 4) is 0 Å². The van der Waals surface area contributed by atoms with Crippen LogP contribution >= 0.6 is 0 Å². The van der Waals surface area contributed by atoms with Crippen LogP contribution in [0.25, 0.3) is 0 Å². The molecule has 7 heteroatoms. The molecule has 0 spiro atoms. The molecule has 0 bridgehead atoms. The van der Waals surface area contributed by atoms with Gasteiger partial charge in [0.25, 0.3) is 0 Å². The number of carbonyl (C=O) groups is 2. The number of rotatable bonds is 7. The molecule has 0 unspecified atom stereocenters. The second-order valence-corrected chi connectivity index (χ2v) is 4.82. The monoisotopic (exact) mass is 301 g/mol. The van der Waals surface area contributed by atoms with Crippen LogP contribution in [0.2, 0.25) is 0 Å². The van der Waals surface area contributed by atoms with Crippen LogP contribution in [-0.4, -0.2) is 48.6 Å². The lowest BCUT2D eigenvalue weighted by atomic mass is 10.1. The predicted octanol–water partition coefficient (Wildman–Crippen LogP) is 1.04. The maximum Gasteiger partial charge on any atom is 0.371 e. The van der Waals surface area contributed by atoms with Gasteiger partial charge in [0.2, 0.25) is 18.0 Å². The van der Waals surface area contributed by atoms with Crippen LogP contribution in [0.3, 0.4) is 0 Å². The van der Waals surface area contributed by atoms with Crippen molar-refractivity contribution >= 4 is 11.9 Å². The number of hydrogen-bond donors (Lipinski definition) is 2. The van der Waals surface area contributed by atoms with Gasteiger partial charge in [0.05, 0.1) is 6.10 Å². The third kappa shape index (κ3) is 4.71. The fourth-order valence-corrected chi connectivity index (χ4v) is 2.15. The van der Waals surface area contributed by atoms with E-state index >= 15 is 0 Å². The van der Waals surface area contributed by atoms with Gasteiger partial charge in [0, 0.05) is 14.0 Å². The smallest absolute Gasteiger partial charge is 0.371 e. The van der Waals surface area contributed by atoms with Crippen molar-refractivity contribution in [2.75, 3.05) is 7.11 Å².